The lowest BCUT2D eigenvalue weighted by Crippen LogP contribution is -2.16. The number of hydrogen-bond acceptors (Lipinski definition) is 2. The molecular formula is C25H22N2O. The molecule has 0 aliphatic heterocycles. The summed E-state index contributed by atoms with van der Waals surface area (Å²) in [6, 6.07) is 23.9. The lowest BCUT2D eigenvalue weighted by atomic mass is 9.97. The predicted octanol–water partition coefficient (Wildman–Crippen LogP) is 6.08. The first kappa shape index (κ1) is 17.9. The Morgan fingerprint density at radius 2 is 1.57 bits per heavy atom. The van der Waals surface area contributed by atoms with E-state index in [0.29, 0.717) is 5.56 Å². The maximum Gasteiger partial charge on any atom is 0.256 e. The zero-order valence-corrected chi connectivity index (χ0v) is 16.3. The number of aryl methyl sites for hydroxylation is 2. The monoisotopic (exact) mass is 366 g/mol. The number of para-hydroxylation sites is 1. The van der Waals surface area contributed by atoms with Crippen molar-refractivity contribution in [2.24, 2.45) is 0 Å². The van der Waals surface area contributed by atoms with Gasteiger partial charge in [-0.2, -0.15) is 0 Å². The fraction of sp³-hybridized carbons (Fsp3) is 0.120. The average Bonchev–Trinajstić information content (AvgIpc) is 2.71. The Hall–Kier alpha value is -3.46. The normalized spacial score (nSPS) is 10.8. The van der Waals surface area contributed by atoms with Crippen molar-refractivity contribution in [1.29, 1.82) is 0 Å². The van der Waals surface area contributed by atoms with Gasteiger partial charge in [-0.05, 0) is 49.6 Å². The summed E-state index contributed by atoms with van der Waals surface area (Å²) >= 11 is 0. The summed E-state index contributed by atoms with van der Waals surface area (Å²) in [7, 11) is 0. The minimum atomic E-state index is -0.109. The topological polar surface area (TPSA) is 42.0 Å². The minimum absolute atomic E-state index is 0.109. The number of aromatic nitrogens is 1. The summed E-state index contributed by atoms with van der Waals surface area (Å²) in [5.74, 6) is -0.109. The van der Waals surface area contributed by atoms with E-state index in [1.165, 1.54) is 0 Å². The molecule has 0 aliphatic rings. The largest absolute Gasteiger partial charge is 0.322 e. The minimum Gasteiger partial charge on any atom is -0.322 e. The number of anilines is 1. The third-order valence-corrected chi connectivity index (χ3v) is 5.05. The average molecular weight is 366 g/mol. The molecule has 1 aromatic heterocycles. The first-order valence-electron chi connectivity index (χ1n) is 9.38. The number of hydrogen-bond donors (Lipinski definition) is 1. The van der Waals surface area contributed by atoms with Gasteiger partial charge in [0.1, 0.15) is 0 Å². The van der Waals surface area contributed by atoms with Crippen LogP contribution >= 0.6 is 0 Å². The molecule has 0 spiro atoms. The Labute approximate surface area is 165 Å². The molecule has 3 heteroatoms. The van der Waals surface area contributed by atoms with Crippen LogP contribution in [0.1, 0.15) is 27.0 Å². The molecule has 3 aromatic carbocycles. The van der Waals surface area contributed by atoms with Crippen LogP contribution in [-0.2, 0) is 0 Å². The highest BCUT2D eigenvalue weighted by molar-refractivity contribution is 6.14. The lowest BCUT2D eigenvalue weighted by Gasteiger charge is -2.16. The molecule has 0 bridgehead atoms. The molecule has 4 rings (SSSR count). The SMILES string of the molecule is Cc1ccc(C)c(NC(=O)c2c(C)c(-c3ccccc3)nc3ccccc23)c1. The van der Waals surface area contributed by atoms with Crippen LogP contribution in [0.15, 0.2) is 72.8 Å². The second kappa shape index (κ2) is 7.28. The Balaban J connectivity index is 1.89. The summed E-state index contributed by atoms with van der Waals surface area (Å²) in [5.41, 5.74) is 7.21. The van der Waals surface area contributed by atoms with E-state index in [-0.39, 0.29) is 5.91 Å². The Bertz CT molecular complexity index is 1180. The molecule has 0 saturated carbocycles. The van der Waals surface area contributed by atoms with Gasteiger partial charge < -0.3 is 5.32 Å². The summed E-state index contributed by atoms with van der Waals surface area (Å²) < 4.78 is 0. The van der Waals surface area contributed by atoms with Gasteiger partial charge in [0, 0.05) is 16.6 Å². The molecule has 0 saturated heterocycles. The summed E-state index contributed by atoms with van der Waals surface area (Å²) in [4.78, 5) is 18.2. The molecule has 0 atom stereocenters. The van der Waals surface area contributed by atoms with E-state index in [1.807, 2.05) is 93.6 Å². The standard InChI is InChI=1S/C25H22N2O/c1-16-13-14-17(2)22(15-16)27-25(28)23-18(3)24(19-9-5-4-6-10-19)26-21-12-8-7-11-20(21)23/h4-15H,1-3H3,(H,27,28). The number of benzene rings is 3. The fourth-order valence-corrected chi connectivity index (χ4v) is 3.53. The quantitative estimate of drug-likeness (QED) is 0.477. The molecule has 0 aliphatic carbocycles. The zero-order chi connectivity index (χ0) is 19.7. The van der Waals surface area contributed by atoms with Crippen molar-refractivity contribution in [3.63, 3.8) is 0 Å². The third kappa shape index (κ3) is 3.27. The predicted molar refractivity (Wildman–Crippen MR) is 116 cm³/mol. The first-order valence-corrected chi connectivity index (χ1v) is 9.38. The molecule has 28 heavy (non-hydrogen) atoms. The molecule has 0 fully saturated rings. The number of nitrogens with zero attached hydrogens (tertiary/aromatic N) is 1. The molecule has 3 nitrogen and oxygen atoms in total. The molecule has 1 amide bonds. The van der Waals surface area contributed by atoms with Crippen LogP contribution in [0.5, 0.6) is 0 Å². The van der Waals surface area contributed by atoms with Gasteiger partial charge in [-0.15, -0.1) is 0 Å². The molecular weight excluding hydrogens is 344 g/mol. The number of rotatable bonds is 3. The second-order valence-electron chi connectivity index (χ2n) is 7.12. The third-order valence-electron chi connectivity index (χ3n) is 5.05. The fourth-order valence-electron chi connectivity index (χ4n) is 3.53. The van der Waals surface area contributed by atoms with Crippen LogP contribution in [0, 0.1) is 20.8 Å². The summed E-state index contributed by atoms with van der Waals surface area (Å²) in [5, 5.41) is 3.98. The highest BCUT2D eigenvalue weighted by atomic mass is 16.1. The van der Waals surface area contributed by atoms with Crippen LogP contribution < -0.4 is 5.32 Å². The van der Waals surface area contributed by atoms with Crippen molar-refractivity contribution in [3.8, 4) is 11.3 Å². The van der Waals surface area contributed by atoms with Crippen LogP contribution in [0.2, 0.25) is 0 Å². The molecule has 0 radical (unpaired) electrons. The van der Waals surface area contributed by atoms with Crippen molar-refractivity contribution in [2.45, 2.75) is 20.8 Å². The summed E-state index contributed by atoms with van der Waals surface area (Å²) in [6.07, 6.45) is 0. The molecule has 0 unspecified atom stereocenters. The van der Waals surface area contributed by atoms with Crippen molar-refractivity contribution < 1.29 is 4.79 Å². The number of pyridine rings is 1. The van der Waals surface area contributed by atoms with E-state index in [0.717, 1.165) is 44.5 Å². The van der Waals surface area contributed by atoms with Gasteiger partial charge >= 0.3 is 0 Å². The van der Waals surface area contributed by atoms with Gasteiger partial charge in [-0.3, -0.25) is 4.79 Å². The number of carbonyl (C=O) groups excluding carboxylic acids is 1. The maximum atomic E-state index is 13.4. The van der Waals surface area contributed by atoms with Crippen LogP contribution in [0.25, 0.3) is 22.2 Å². The highest BCUT2D eigenvalue weighted by Gasteiger charge is 2.19. The number of carbonyl (C=O) groups is 1. The number of amides is 1. The van der Waals surface area contributed by atoms with Gasteiger partial charge in [0.15, 0.2) is 0 Å². The van der Waals surface area contributed by atoms with Crippen molar-refractivity contribution in [2.75, 3.05) is 5.32 Å². The Morgan fingerprint density at radius 3 is 2.36 bits per heavy atom. The van der Waals surface area contributed by atoms with Crippen molar-refractivity contribution >= 4 is 22.5 Å². The van der Waals surface area contributed by atoms with Crippen LogP contribution in [-0.4, -0.2) is 10.9 Å². The van der Waals surface area contributed by atoms with E-state index < -0.39 is 0 Å². The van der Waals surface area contributed by atoms with Gasteiger partial charge in [0.05, 0.1) is 16.8 Å². The van der Waals surface area contributed by atoms with E-state index in [4.69, 9.17) is 4.98 Å². The molecule has 1 N–H and O–H groups in total. The van der Waals surface area contributed by atoms with E-state index in [9.17, 15) is 4.79 Å². The maximum absolute atomic E-state index is 13.4. The Kier molecular flexibility index (Phi) is 4.66. The van der Waals surface area contributed by atoms with Gasteiger partial charge in [0.25, 0.3) is 5.91 Å². The molecule has 4 aromatic rings. The van der Waals surface area contributed by atoms with E-state index in [1.54, 1.807) is 0 Å². The first-order chi connectivity index (χ1) is 13.5. The molecule has 1 heterocycles. The lowest BCUT2D eigenvalue weighted by molar-refractivity contribution is 0.102. The van der Waals surface area contributed by atoms with Gasteiger partial charge in [-0.1, -0.05) is 60.7 Å². The van der Waals surface area contributed by atoms with E-state index in [2.05, 4.69) is 5.32 Å². The van der Waals surface area contributed by atoms with Gasteiger partial charge in [-0.25, -0.2) is 4.98 Å². The number of fused-ring (bicyclic) bond motifs is 1. The van der Waals surface area contributed by atoms with Crippen molar-refractivity contribution in [1.82, 2.24) is 4.98 Å². The highest BCUT2D eigenvalue weighted by Crippen LogP contribution is 2.30. The van der Waals surface area contributed by atoms with Crippen LogP contribution in [0.3, 0.4) is 0 Å². The zero-order valence-electron chi connectivity index (χ0n) is 16.3. The van der Waals surface area contributed by atoms with Crippen LogP contribution in [0.4, 0.5) is 5.69 Å². The smallest absolute Gasteiger partial charge is 0.256 e. The molecule has 138 valence electrons. The van der Waals surface area contributed by atoms with Crippen molar-refractivity contribution in [3.05, 3.63) is 95.1 Å². The number of nitrogens with one attached hydrogen (secondary N) is 1. The van der Waals surface area contributed by atoms with Gasteiger partial charge in [0.2, 0.25) is 0 Å². The Morgan fingerprint density at radius 1 is 0.857 bits per heavy atom. The second-order valence-corrected chi connectivity index (χ2v) is 7.12. The van der Waals surface area contributed by atoms with E-state index >= 15 is 0 Å². The summed E-state index contributed by atoms with van der Waals surface area (Å²) in [6.45, 7) is 6.00.